The van der Waals surface area contributed by atoms with E-state index in [1.54, 1.807) is 25.2 Å². The minimum atomic E-state index is -4.26. The van der Waals surface area contributed by atoms with Crippen LogP contribution < -0.4 is 9.46 Å². The number of β-amino-alcohol motifs (C(OH)–C–C–N with tert-alkyl or cyclic N) is 1. The molecule has 3 aromatic rings. The molecule has 9 nitrogen and oxygen atoms in total. The van der Waals surface area contributed by atoms with Gasteiger partial charge in [0.2, 0.25) is 20.0 Å². The van der Waals surface area contributed by atoms with Gasteiger partial charge in [0.25, 0.3) is 0 Å². The van der Waals surface area contributed by atoms with Crippen molar-refractivity contribution in [1.29, 1.82) is 0 Å². The predicted molar refractivity (Wildman–Crippen MR) is 153 cm³/mol. The molecule has 0 aliphatic carbocycles. The molecule has 1 atom stereocenters. The van der Waals surface area contributed by atoms with Crippen LogP contribution in [0.25, 0.3) is 11.1 Å². The Morgan fingerprint density at radius 3 is 2.42 bits per heavy atom. The summed E-state index contributed by atoms with van der Waals surface area (Å²) in [5, 5.41) is 10.6. The number of aliphatic hydroxyl groups excluding tert-OH is 1. The maximum Gasteiger partial charge on any atom is 0.245 e. The summed E-state index contributed by atoms with van der Waals surface area (Å²) in [6, 6.07) is 12.6. The molecule has 0 radical (unpaired) electrons. The van der Waals surface area contributed by atoms with Gasteiger partial charge in [-0.15, -0.1) is 0 Å². The Kier molecular flexibility index (Phi) is 8.89. The molecule has 1 spiro atoms. The Balaban J connectivity index is 1.47. The number of hydrogen-bond donors (Lipinski definition) is 2. The van der Waals surface area contributed by atoms with Crippen LogP contribution in [0.3, 0.4) is 0 Å². The van der Waals surface area contributed by atoms with E-state index in [0.717, 1.165) is 16.4 Å². The number of ether oxygens (including phenoxy) is 1. The van der Waals surface area contributed by atoms with Crippen molar-refractivity contribution >= 4 is 20.0 Å². The standard InChI is InChI=1S/C29H32F3N3O6S2/c1-34-17-22(36)16-33-42(37,38)28-8-6-20(23-4-2-3-5-24(23)31)14-26(28)41-19-29(18-34)10-12-35(13-11-29)43(39,40)27-9-7-21(30)15-25(27)32/h2-9,14-15,22,33,36H,10-13,16-19H2,1H3. The third-order valence-corrected chi connectivity index (χ3v) is 11.3. The van der Waals surface area contributed by atoms with Crippen LogP contribution in [0.15, 0.2) is 70.5 Å². The van der Waals surface area contributed by atoms with Crippen molar-refractivity contribution in [2.45, 2.75) is 28.7 Å². The number of nitrogens with zero attached hydrogens (tertiary/aromatic N) is 2. The Morgan fingerprint density at radius 2 is 1.72 bits per heavy atom. The van der Waals surface area contributed by atoms with Gasteiger partial charge in [-0.1, -0.05) is 24.3 Å². The highest BCUT2D eigenvalue weighted by atomic mass is 32.2. The normalized spacial score (nSPS) is 21.7. The molecule has 1 unspecified atom stereocenters. The Morgan fingerprint density at radius 1 is 1.00 bits per heavy atom. The molecule has 0 aromatic heterocycles. The van der Waals surface area contributed by atoms with Crippen molar-refractivity contribution in [2.75, 3.05) is 46.4 Å². The average Bonchev–Trinajstić information content (AvgIpc) is 2.95. The summed E-state index contributed by atoms with van der Waals surface area (Å²) >= 11 is 0. The average molecular weight is 640 g/mol. The molecule has 0 saturated carbocycles. The van der Waals surface area contributed by atoms with Gasteiger partial charge in [0, 0.05) is 49.8 Å². The van der Waals surface area contributed by atoms with Crippen LogP contribution in [0.4, 0.5) is 13.2 Å². The molecule has 2 heterocycles. The molecule has 2 aliphatic heterocycles. The topological polar surface area (TPSA) is 116 Å². The van der Waals surface area contributed by atoms with Gasteiger partial charge in [0.05, 0.1) is 12.7 Å². The van der Waals surface area contributed by atoms with Crippen LogP contribution in [0.1, 0.15) is 12.8 Å². The lowest BCUT2D eigenvalue weighted by Gasteiger charge is -2.43. The van der Waals surface area contributed by atoms with E-state index in [-0.39, 0.29) is 61.8 Å². The molecular weight excluding hydrogens is 607 g/mol. The molecule has 5 rings (SSSR count). The van der Waals surface area contributed by atoms with Crippen molar-refractivity contribution in [3.05, 3.63) is 78.1 Å². The lowest BCUT2D eigenvalue weighted by molar-refractivity contribution is 0.0318. The number of fused-ring (bicyclic) bond motifs is 1. The lowest BCUT2D eigenvalue weighted by atomic mass is 9.79. The second kappa shape index (κ2) is 12.2. The van der Waals surface area contributed by atoms with Crippen molar-refractivity contribution in [3.8, 4) is 16.9 Å². The van der Waals surface area contributed by atoms with Gasteiger partial charge in [-0.3, -0.25) is 0 Å². The molecule has 2 N–H and O–H groups in total. The lowest BCUT2D eigenvalue weighted by Crippen LogP contribution is -2.51. The van der Waals surface area contributed by atoms with Gasteiger partial charge < -0.3 is 14.7 Å². The van der Waals surface area contributed by atoms with Gasteiger partial charge >= 0.3 is 0 Å². The van der Waals surface area contributed by atoms with Crippen molar-refractivity contribution in [3.63, 3.8) is 0 Å². The number of piperidine rings is 1. The van der Waals surface area contributed by atoms with E-state index in [2.05, 4.69) is 4.72 Å². The first kappa shape index (κ1) is 31.4. The fraction of sp³-hybridized carbons (Fsp3) is 0.379. The molecule has 1 saturated heterocycles. The Labute approximate surface area is 249 Å². The SMILES string of the molecule is CN1CC(O)CNS(=O)(=O)c2ccc(-c3ccccc3F)cc2OCC2(CCN(S(=O)(=O)c3ccc(F)cc3F)CC2)C1. The van der Waals surface area contributed by atoms with E-state index in [4.69, 9.17) is 4.74 Å². The third-order valence-electron chi connectivity index (χ3n) is 7.88. The second-order valence-electron chi connectivity index (χ2n) is 11.1. The molecule has 232 valence electrons. The number of likely N-dealkylation sites (N-methyl/N-ethyl adjacent to an activating group) is 1. The summed E-state index contributed by atoms with van der Waals surface area (Å²) in [4.78, 5) is 1.02. The smallest absolute Gasteiger partial charge is 0.245 e. The monoisotopic (exact) mass is 639 g/mol. The molecule has 14 heteroatoms. The number of aliphatic hydroxyl groups is 1. The summed E-state index contributed by atoms with van der Waals surface area (Å²) in [7, 11) is -6.64. The molecule has 2 aliphatic rings. The van der Waals surface area contributed by atoms with Crippen LogP contribution >= 0.6 is 0 Å². The van der Waals surface area contributed by atoms with E-state index in [9.17, 15) is 35.1 Å². The van der Waals surface area contributed by atoms with Crippen molar-refractivity contribution in [1.82, 2.24) is 13.9 Å². The zero-order valence-corrected chi connectivity index (χ0v) is 25.0. The molecule has 43 heavy (non-hydrogen) atoms. The zero-order valence-electron chi connectivity index (χ0n) is 23.3. The highest BCUT2D eigenvalue weighted by Crippen LogP contribution is 2.38. The minimum Gasteiger partial charge on any atom is -0.492 e. The number of halogens is 3. The Bertz CT molecular complexity index is 1710. The zero-order chi connectivity index (χ0) is 31.0. The van der Waals surface area contributed by atoms with Crippen LogP contribution in [0.5, 0.6) is 5.75 Å². The first-order valence-corrected chi connectivity index (χ1v) is 16.6. The highest BCUT2D eigenvalue weighted by molar-refractivity contribution is 7.89. The van der Waals surface area contributed by atoms with Gasteiger partial charge in [-0.25, -0.2) is 34.7 Å². The van der Waals surface area contributed by atoms with E-state index < -0.39 is 53.9 Å². The minimum absolute atomic E-state index is 0.000874. The number of nitrogens with one attached hydrogen (secondary N) is 1. The van der Waals surface area contributed by atoms with Crippen LogP contribution in [-0.4, -0.2) is 83.6 Å². The summed E-state index contributed by atoms with van der Waals surface area (Å²) in [6.45, 7) is 0.227. The quantitative estimate of drug-likeness (QED) is 0.452. The molecule has 1 fully saturated rings. The van der Waals surface area contributed by atoms with Crippen LogP contribution in [-0.2, 0) is 20.0 Å². The molecule has 3 aromatic carbocycles. The summed E-state index contributed by atoms with van der Waals surface area (Å²) < 4.78 is 105. The number of rotatable bonds is 3. The van der Waals surface area contributed by atoms with Crippen molar-refractivity contribution in [2.24, 2.45) is 5.41 Å². The summed E-state index contributed by atoms with van der Waals surface area (Å²) in [6.07, 6.45) is -0.508. The van der Waals surface area contributed by atoms with Gasteiger partial charge in [0.15, 0.2) is 0 Å². The summed E-state index contributed by atoms with van der Waals surface area (Å²) in [5.74, 6) is -2.58. The summed E-state index contributed by atoms with van der Waals surface area (Å²) in [5.41, 5.74) is -0.0434. The van der Waals surface area contributed by atoms with E-state index >= 15 is 0 Å². The highest BCUT2D eigenvalue weighted by Gasteiger charge is 2.41. The van der Waals surface area contributed by atoms with Crippen LogP contribution in [0.2, 0.25) is 0 Å². The molecule has 0 amide bonds. The van der Waals surface area contributed by atoms with Crippen LogP contribution in [0, 0.1) is 22.9 Å². The number of hydrogen-bond acceptors (Lipinski definition) is 7. The molecule has 0 bridgehead atoms. The number of benzene rings is 3. The maximum absolute atomic E-state index is 14.6. The largest absolute Gasteiger partial charge is 0.492 e. The predicted octanol–water partition coefficient (Wildman–Crippen LogP) is 3.21. The van der Waals surface area contributed by atoms with Gasteiger partial charge in [0.1, 0.15) is 33.0 Å². The number of sulfonamides is 2. The fourth-order valence-corrected chi connectivity index (χ4v) is 8.34. The fourth-order valence-electron chi connectivity index (χ4n) is 5.65. The first-order valence-electron chi connectivity index (χ1n) is 13.6. The third kappa shape index (κ3) is 6.74. The second-order valence-corrected chi connectivity index (χ2v) is 14.8. The van der Waals surface area contributed by atoms with Crippen molar-refractivity contribution < 1.29 is 39.9 Å². The maximum atomic E-state index is 14.6. The Hall–Kier alpha value is -3.01. The van der Waals surface area contributed by atoms with Gasteiger partial charge in [-0.2, -0.15) is 4.31 Å². The van der Waals surface area contributed by atoms with E-state index in [1.807, 2.05) is 4.90 Å². The molecular formula is C29H32F3N3O6S2. The first-order chi connectivity index (χ1) is 20.3. The van der Waals surface area contributed by atoms with Gasteiger partial charge in [-0.05, 0) is 55.8 Å². The van der Waals surface area contributed by atoms with E-state index in [1.165, 1.54) is 24.3 Å². The van der Waals surface area contributed by atoms with E-state index in [0.29, 0.717) is 18.2 Å².